The minimum Gasteiger partial charge on any atom is -0.375 e. The van der Waals surface area contributed by atoms with Crippen molar-refractivity contribution in [2.24, 2.45) is 18.7 Å². The standard InChI is InChI=1S/C17H29N3O/c1-3-14-11-15(20(2)19-14)16(18)13-7-10-21-17(12-13)8-5-4-6-9-17/h11,13,16H,3-10,12,18H2,1-2H3. The largest absolute Gasteiger partial charge is 0.375 e. The molecular weight excluding hydrogens is 262 g/mol. The SMILES string of the molecule is CCc1cc(C(N)C2CCOC3(CCCCC3)C2)n(C)n1. The fraction of sp³-hybridized carbons (Fsp3) is 0.824. The lowest BCUT2D eigenvalue weighted by Crippen LogP contribution is -2.44. The number of hydrogen-bond acceptors (Lipinski definition) is 3. The Morgan fingerprint density at radius 1 is 1.43 bits per heavy atom. The Morgan fingerprint density at radius 3 is 2.86 bits per heavy atom. The molecule has 1 spiro atoms. The first kappa shape index (κ1) is 15.0. The van der Waals surface area contributed by atoms with Crippen LogP contribution in [0.5, 0.6) is 0 Å². The van der Waals surface area contributed by atoms with Crippen molar-refractivity contribution in [1.82, 2.24) is 9.78 Å². The lowest BCUT2D eigenvalue weighted by Gasteiger charge is -2.45. The van der Waals surface area contributed by atoms with Crippen LogP contribution >= 0.6 is 0 Å². The first-order valence-electron chi connectivity index (χ1n) is 8.56. The quantitative estimate of drug-likeness (QED) is 0.931. The first-order chi connectivity index (χ1) is 10.1. The van der Waals surface area contributed by atoms with E-state index in [9.17, 15) is 0 Å². The van der Waals surface area contributed by atoms with Gasteiger partial charge in [-0.3, -0.25) is 4.68 Å². The minimum absolute atomic E-state index is 0.0884. The number of rotatable bonds is 3. The minimum atomic E-state index is 0.0884. The van der Waals surface area contributed by atoms with E-state index in [0.29, 0.717) is 5.92 Å². The first-order valence-corrected chi connectivity index (χ1v) is 8.56. The molecule has 2 unspecified atom stereocenters. The normalized spacial score (nSPS) is 26.9. The zero-order valence-corrected chi connectivity index (χ0v) is 13.5. The second kappa shape index (κ2) is 6.09. The molecule has 21 heavy (non-hydrogen) atoms. The predicted octanol–water partition coefficient (Wildman–Crippen LogP) is 3.11. The van der Waals surface area contributed by atoms with Gasteiger partial charge in [-0.1, -0.05) is 26.2 Å². The van der Waals surface area contributed by atoms with Crippen molar-refractivity contribution < 1.29 is 4.74 Å². The number of aryl methyl sites for hydroxylation is 2. The van der Waals surface area contributed by atoms with Crippen molar-refractivity contribution in [1.29, 1.82) is 0 Å². The highest BCUT2D eigenvalue weighted by Crippen LogP contribution is 2.43. The van der Waals surface area contributed by atoms with Gasteiger partial charge in [-0.2, -0.15) is 5.10 Å². The molecular formula is C17H29N3O. The fourth-order valence-corrected chi connectivity index (χ4v) is 4.19. The van der Waals surface area contributed by atoms with Crippen molar-refractivity contribution in [3.8, 4) is 0 Å². The Balaban J connectivity index is 1.74. The summed E-state index contributed by atoms with van der Waals surface area (Å²) < 4.78 is 8.18. The van der Waals surface area contributed by atoms with Gasteiger partial charge in [0.25, 0.3) is 0 Å². The zero-order valence-electron chi connectivity index (χ0n) is 13.5. The maximum Gasteiger partial charge on any atom is 0.0686 e. The monoisotopic (exact) mass is 291 g/mol. The third kappa shape index (κ3) is 3.02. The molecule has 2 fully saturated rings. The molecule has 0 aromatic carbocycles. The summed E-state index contributed by atoms with van der Waals surface area (Å²) in [6.07, 6.45) is 9.61. The molecule has 3 rings (SSSR count). The van der Waals surface area contributed by atoms with Crippen LogP contribution in [0.4, 0.5) is 0 Å². The van der Waals surface area contributed by atoms with Crippen LogP contribution < -0.4 is 5.73 Å². The van der Waals surface area contributed by atoms with Gasteiger partial charge in [-0.05, 0) is 44.1 Å². The Bertz CT molecular complexity index is 471. The lowest BCUT2D eigenvalue weighted by atomic mass is 9.74. The molecule has 4 nitrogen and oxygen atoms in total. The van der Waals surface area contributed by atoms with E-state index in [0.717, 1.165) is 31.6 Å². The van der Waals surface area contributed by atoms with Crippen LogP contribution in [-0.2, 0) is 18.2 Å². The molecule has 1 saturated heterocycles. The second-order valence-electron chi connectivity index (χ2n) is 6.91. The van der Waals surface area contributed by atoms with E-state index in [-0.39, 0.29) is 11.6 Å². The second-order valence-corrected chi connectivity index (χ2v) is 6.91. The van der Waals surface area contributed by atoms with Crippen molar-refractivity contribution >= 4 is 0 Å². The molecule has 118 valence electrons. The summed E-state index contributed by atoms with van der Waals surface area (Å²) in [6.45, 7) is 3.01. The van der Waals surface area contributed by atoms with E-state index in [1.54, 1.807) is 0 Å². The van der Waals surface area contributed by atoms with Gasteiger partial charge in [0.05, 0.1) is 17.0 Å². The Labute approximate surface area is 128 Å². The molecule has 1 aliphatic carbocycles. The Hall–Kier alpha value is -0.870. The molecule has 1 saturated carbocycles. The molecule has 0 amide bonds. The molecule has 0 bridgehead atoms. The average Bonchev–Trinajstić information content (AvgIpc) is 2.88. The van der Waals surface area contributed by atoms with Gasteiger partial charge in [0.2, 0.25) is 0 Å². The molecule has 4 heteroatoms. The predicted molar refractivity (Wildman–Crippen MR) is 84.0 cm³/mol. The van der Waals surface area contributed by atoms with Gasteiger partial charge in [0.1, 0.15) is 0 Å². The zero-order chi connectivity index (χ0) is 14.9. The van der Waals surface area contributed by atoms with Crippen LogP contribution in [-0.4, -0.2) is 22.0 Å². The van der Waals surface area contributed by atoms with Crippen molar-refractivity contribution in [3.05, 3.63) is 17.5 Å². The topological polar surface area (TPSA) is 53.1 Å². The van der Waals surface area contributed by atoms with Gasteiger partial charge in [-0.25, -0.2) is 0 Å². The van der Waals surface area contributed by atoms with Crippen LogP contribution in [0.1, 0.15) is 69.3 Å². The van der Waals surface area contributed by atoms with E-state index in [4.69, 9.17) is 10.5 Å². The molecule has 0 radical (unpaired) electrons. The highest BCUT2D eigenvalue weighted by molar-refractivity contribution is 5.15. The average molecular weight is 291 g/mol. The van der Waals surface area contributed by atoms with Crippen molar-refractivity contribution in [2.45, 2.75) is 69.9 Å². The van der Waals surface area contributed by atoms with Crippen LogP contribution in [0.3, 0.4) is 0 Å². The van der Waals surface area contributed by atoms with E-state index in [2.05, 4.69) is 18.1 Å². The highest BCUT2D eigenvalue weighted by atomic mass is 16.5. The van der Waals surface area contributed by atoms with Crippen LogP contribution in [0.2, 0.25) is 0 Å². The highest BCUT2D eigenvalue weighted by Gasteiger charge is 2.40. The Morgan fingerprint density at radius 2 is 2.19 bits per heavy atom. The maximum atomic E-state index is 6.61. The molecule has 2 aliphatic rings. The van der Waals surface area contributed by atoms with E-state index < -0.39 is 0 Å². The summed E-state index contributed by atoms with van der Waals surface area (Å²) in [7, 11) is 2.02. The maximum absolute atomic E-state index is 6.61. The smallest absolute Gasteiger partial charge is 0.0686 e. The van der Waals surface area contributed by atoms with Crippen LogP contribution in [0.25, 0.3) is 0 Å². The van der Waals surface area contributed by atoms with Gasteiger partial charge < -0.3 is 10.5 Å². The van der Waals surface area contributed by atoms with Crippen LogP contribution in [0.15, 0.2) is 6.07 Å². The van der Waals surface area contributed by atoms with Gasteiger partial charge >= 0.3 is 0 Å². The summed E-state index contributed by atoms with van der Waals surface area (Å²) in [5.41, 5.74) is 9.07. The number of nitrogens with zero attached hydrogens (tertiary/aromatic N) is 2. The van der Waals surface area contributed by atoms with E-state index in [1.165, 1.54) is 37.8 Å². The summed E-state index contributed by atoms with van der Waals surface area (Å²) >= 11 is 0. The number of ether oxygens (including phenoxy) is 1. The summed E-state index contributed by atoms with van der Waals surface area (Å²) in [5, 5.41) is 4.55. The molecule has 2 atom stereocenters. The number of aromatic nitrogens is 2. The molecule has 1 aromatic heterocycles. The summed E-state index contributed by atoms with van der Waals surface area (Å²) in [6, 6.07) is 2.28. The number of nitrogens with two attached hydrogens (primary N) is 1. The third-order valence-corrected chi connectivity index (χ3v) is 5.47. The Kier molecular flexibility index (Phi) is 4.36. The summed E-state index contributed by atoms with van der Waals surface area (Å²) in [5.74, 6) is 0.525. The molecule has 1 aliphatic heterocycles. The van der Waals surface area contributed by atoms with E-state index >= 15 is 0 Å². The molecule has 1 aromatic rings. The van der Waals surface area contributed by atoms with Gasteiger partial charge in [0.15, 0.2) is 0 Å². The van der Waals surface area contributed by atoms with E-state index in [1.807, 2.05) is 11.7 Å². The third-order valence-electron chi connectivity index (χ3n) is 5.47. The molecule has 2 N–H and O–H groups in total. The fourth-order valence-electron chi connectivity index (χ4n) is 4.19. The number of hydrogen-bond donors (Lipinski definition) is 1. The lowest BCUT2D eigenvalue weighted by molar-refractivity contribution is -0.120. The van der Waals surface area contributed by atoms with Crippen molar-refractivity contribution in [3.63, 3.8) is 0 Å². The van der Waals surface area contributed by atoms with Crippen molar-refractivity contribution in [2.75, 3.05) is 6.61 Å². The van der Waals surface area contributed by atoms with Gasteiger partial charge in [-0.15, -0.1) is 0 Å². The molecule has 2 heterocycles. The summed E-state index contributed by atoms with van der Waals surface area (Å²) in [4.78, 5) is 0. The van der Waals surface area contributed by atoms with Crippen LogP contribution in [0, 0.1) is 5.92 Å². The van der Waals surface area contributed by atoms with Gasteiger partial charge in [0, 0.05) is 19.7 Å².